The summed E-state index contributed by atoms with van der Waals surface area (Å²) in [5, 5.41) is 0. The standard InChI is InChI=1S/C7H7O.HI.Zn/c1-8-7-5-3-2-4-6-7;;/h2-3,5-6H,1H3;1H;/q;;+1/p-1. The average molecular weight is 299 g/mol. The van der Waals surface area contributed by atoms with E-state index in [0.717, 1.165) is 5.75 Å². The van der Waals surface area contributed by atoms with Gasteiger partial charge in [-0.05, 0) is 0 Å². The zero-order chi connectivity index (χ0) is 6.69. The maximum Gasteiger partial charge on any atom is -1.00 e. The molecule has 0 radical (unpaired) electrons. The second-order valence-electron chi connectivity index (χ2n) is 1.85. The van der Waals surface area contributed by atoms with Gasteiger partial charge in [0.15, 0.2) is 0 Å². The fourth-order valence-corrected chi connectivity index (χ4v) is 1.38. The summed E-state index contributed by atoms with van der Waals surface area (Å²) < 4.78 is 6.37. The largest absolute Gasteiger partial charge is 1.00 e. The van der Waals surface area contributed by atoms with Crippen molar-refractivity contribution >= 4 is 4.16 Å². The van der Waals surface area contributed by atoms with Crippen molar-refractivity contribution in [2.75, 3.05) is 7.11 Å². The molecular weight excluding hydrogens is 292 g/mol. The molecule has 0 aliphatic heterocycles. The van der Waals surface area contributed by atoms with Crippen molar-refractivity contribution in [2.24, 2.45) is 0 Å². The average Bonchev–Trinajstić information content (AvgIpc) is 1.88. The number of hydrogen-bond donors (Lipinski definition) is 0. The SMILES string of the molecule is COc1ccc[c]([Zn+])c1.[I-]. The zero-order valence-corrected chi connectivity index (χ0v) is 10.9. The fraction of sp³-hybridized carbons (Fsp3) is 0.143. The van der Waals surface area contributed by atoms with Crippen LogP contribution in [-0.2, 0) is 18.3 Å². The molecule has 1 nitrogen and oxygen atoms in total. The molecule has 0 aromatic heterocycles. The van der Waals surface area contributed by atoms with Crippen molar-refractivity contribution in [2.45, 2.75) is 0 Å². The van der Waals surface area contributed by atoms with Gasteiger partial charge < -0.3 is 24.0 Å². The second-order valence-corrected chi connectivity index (χ2v) is 3.56. The van der Waals surface area contributed by atoms with E-state index >= 15 is 0 Å². The van der Waals surface area contributed by atoms with Crippen LogP contribution < -0.4 is 32.9 Å². The van der Waals surface area contributed by atoms with Crippen LogP contribution in [0.3, 0.4) is 0 Å². The maximum absolute atomic E-state index is 5.02. The van der Waals surface area contributed by atoms with E-state index in [1.54, 1.807) is 7.11 Å². The Morgan fingerprint density at radius 1 is 1.40 bits per heavy atom. The van der Waals surface area contributed by atoms with Gasteiger partial charge in [0.25, 0.3) is 0 Å². The summed E-state index contributed by atoms with van der Waals surface area (Å²) in [6.45, 7) is 0. The monoisotopic (exact) mass is 298 g/mol. The van der Waals surface area contributed by atoms with E-state index < -0.39 is 0 Å². The Morgan fingerprint density at radius 2 is 2.10 bits per heavy atom. The molecular formula is C7H7IOZn. The van der Waals surface area contributed by atoms with Crippen LogP contribution in [0.25, 0.3) is 0 Å². The summed E-state index contributed by atoms with van der Waals surface area (Å²) in [5.41, 5.74) is 0. The van der Waals surface area contributed by atoms with Crippen molar-refractivity contribution in [3.05, 3.63) is 24.3 Å². The van der Waals surface area contributed by atoms with Crippen LogP contribution in [-0.4, -0.2) is 7.11 Å². The van der Waals surface area contributed by atoms with Gasteiger partial charge >= 0.3 is 64.3 Å². The van der Waals surface area contributed by atoms with E-state index in [-0.39, 0.29) is 24.0 Å². The molecule has 0 atom stereocenters. The molecule has 0 aliphatic rings. The molecule has 1 aromatic rings. The molecule has 0 saturated carbocycles. The van der Waals surface area contributed by atoms with Gasteiger partial charge in [0, 0.05) is 0 Å². The van der Waals surface area contributed by atoms with Crippen molar-refractivity contribution < 1.29 is 47.0 Å². The summed E-state index contributed by atoms with van der Waals surface area (Å²) >= 11 is 1.19. The van der Waals surface area contributed by atoms with Gasteiger partial charge in [-0.2, -0.15) is 0 Å². The topological polar surface area (TPSA) is 9.23 Å². The van der Waals surface area contributed by atoms with Crippen LogP contribution in [0, 0.1) is 0 Å². The second kappa shape index (κ2) is 5.08. The molecule has 0 unspecified atom stereocenters. The van der Waals surface area contributed by atoms with Crippen LogP contribution in [0.1, 0.15) is 0 Å². The first-order valence-electron chi connectivity index (χ1n) is 2.79. The minimum absolute atomic E-state index is 0. The summed E-state index contributed by atoms with van der Waals surface area (Å²) in [7, 11) is 1.69. The van der Waals surface area contributed by atoms with E-state index in [9.17, 15) is 0 Å². The molecule has 10 heavy (non-hydrogen) atoms. The van der Waals surface area contributed by atoms with E-state index in [0.29, 0.717) is 0 Å². The molecule has 0 amide bonds. The molecule has 0 N–H and O–H groups in total. The minimum atomic E-state index is 0. The molecule has 1 rings (SSSR count). The Morgan fingerprint density at radius 3 is 2.50 bits per heavy atom. The first-order chi connectivity index (χ1) is 4.33. The first-order valence-corrected chi connectivity index (χ1v) is 4.27. The number of methoxy groups -OCH3 is 1. The Kier molecular flexibility index (Phi) is 5.27. The number of ether oxygens (including phenoxy) is 1. The molecule has 3 heteroatoms. The third-order valence-corrected chi connectivity index (χ3v) is 2.06. The molecule has 1 aromatic carbocycles. The summed E-state index contributed by atoms with van der Waals surface area (Å²) in [4.78, 5) is 0. The number of benzene rings is 1. The number of rotatable bonds is 1. The Labute approximate surface area is 87.9 Å². The van der Waals surface area contributed by atoms with Gasteiger partial charge in [0.05, 0.1) is 0 Å². The van der Waals surface area contributed by atoms with E-state index in [1.165, 1.54) is 22.5 Å². The molecule has 0 bridgehead atoms. The molecule has 0 saturated heterocycles. The van der Waals surface area contributed by atoms with E-state index in [2.05, 4.69) is 12.1 Å². The molecule has 0 spiro atoms. The number of halogens is 1. The minimum Gasteiger partial charge on any atom is -1.00 e. The molecule has 0 aliphatic carbocycles. The van der Waals surface area contributed by atoms with Crippen LogP contribution in [0.15, 0.2) is 24.3 Å². The van der Waals surface area contributed by atoms with Crippen LogP contribution in [0.4, 0.5) is 0 Å². The Balaban J connectivity index is 0.000000810. The normalized spacial score (nSPS) is 8.30. The van der Waals surface area contributed by atoms with Crippen molar-refractivity contribution in [1.82, 2.24) is 0 Å². The molecule has 50 valence electrons. The van der Waals surface area contributed by atoms with Gasteiger partial charge in [-0.15, -0.1) is 0 Å². The predicted molar refractivity (Wildman–Crippen MR) is 32.6 cm³/mol. The van der Waals surface area contributed by atoms with Gasteiger partial charge in [-0.3, -0.25) is 0 Å². The zero-order valence-electron chi connectivity index (χ0n) is 5.80. The van der Waals surface area contributed by atoms with Crippen molar-refractivity contribution in [1.29, 1.82) is 0 Å². The smallest absolute Gasteiger partial charge is 1.00 e. The van der Waals surface area contributed by atoms with Crippen LogP contribution >= 0.6 is 0 Å². The third kappa shape index (κ3) is 2.97. The first kappa shape index (κ1) is 10.4. The van der Waals surface area contributed by atoms with Crippen molar-refractivity contribution in [3.63, 3.8) is 0 Å². The Bertz CT molecular complexity index is 203. The third-order valence-electron chi connectivity index (χ3n) is 1.13. The van der Waals surface area contributed by atoms with E-state index in [4.69, 9.17) is 4.74 Å². The van der Waals surface area contributed by atoms with Gasteiger partial charge in [0.1, 0.15) is 0 Å². The summed E-state index contributed by atoms with van der Waals surface area (Å²) in [6.07, 6.45) is 0. The van der Waals surface area contributed by atoms with Gasteiger partial charge in [-0.25, -0.2) is 0 Å². The molecule has 0 fully saturated rings. The summed E-state index contributed by atoms with van der Waals surface area (Å²) in [5.74, 6) is 0.957. The van der Waals surface area contributed by atoms with Gasteiger partial charge in [-0.1, -0.05) is 0 Å². The van der Waals surface area contributed by atoms with Gasteiger partial charge in [0.2, 0.25) is 0 Å². The predicted octanol–water partition coefficient (Wildman–Crippen LogP) is -2.13. The van der Waals surface area contributed by atoms with Crippen LogP contribution in [0.2, 0.25) is 0 Å². The quantitative estimate of drug-likeness (QED) is 0.425. The Hall–Kier alpha value is 0.373. The fourth-order valence-electron chi connectivity index (χ4n) is 0.672. The molecule has 0 heterocycles. The summed E-state index contributed by atoms with van der Waals surface area (Å²) in [6, 6.07) is 8.12. The number of hydrogen-bond acceptors (Lipinski definition) is 1. The van der Waals surface area contributed by atoms with Crippen molar-refractivity contribution in [3.8, 4) is 5.75 Å². The maximum atomic E-state index is 5.02. The van der Waals surface area contributed by atoms with Crippen LogP contribution in [0.5, 0.6) is 5.75 Å². The van der Waals surface area contributed by atoms with E-state index in [1.807, 2.05) is 12.1 Å².